The molecule has 1 aliphatic rings. The maximum absolute atomic E-state index is 12.7. The molecule has 0 spiro atoms. The first-order chi connectivity index (χ1) is 15.9. The van der Waals surface area contributed by atoms with Crippen LogP contribution in [0.15, 0.2) is 54.6 Å². The summed E-state index contributed by atoms with van der Waals surface area (Å²) in [6.45, 7) is 1.82. The highest BCUT2D eigenvalue weighted by Crippen LogP contribution is 2.22. The van der Waals surface area contributed by atoms with Crippen LogP contribution >= 0.6 is 0 Å². The summed E-state index contributed by atoms with van der Waals surface area (Å²) in [6, 6.07) is 16.4. The lowest BCUT2D eigenvalue weighted by molar-refractivity contribution is -0.133. The quantitative estimate of drug-likeness (QED) is 0.350. The van der Waals surface area contributed by atoms with Crippen molar-refractivity contribution in [3.8, 4) is 0 Å². The minimum atomic E-state index is -1.19. The van der Waals surface area contributed by atoms with Crippen molar-refractivity contribution >= 4 is 28.8 Å². The number of hydrogen-bond acceptors (Lipinski definition) is 5. The number of pyridine rings is 1. The molecule has 9 heteroatoms. The van der Waals surface area contributed by atoms with Crippen molar-refractivity contribution in [3.63, 3.8) is 0 Å². The number of nitrogens with one attached hydrogen (secondary N) is 2. The van der Waals surface area contributed by atoms with E-state index < -0.39 is 29.9 Å². The third kappa shape index (κ3) is 4.78. The lowest BCUT2D eigenvalue weighted by atomic mass is 9.99. The van der Waals surface area contributed by atoms with Gasteiger partial charge in [0, 0.05) is 29.7 Å². The Morgan fingerprint density at radius 3 is 2.52 bits per heavy atom. The van der Waals surface area contributed by atoms with Crippen LogP contribution in [0.25, 0.3) is 10.9 Å². The minimum Gasteiger partial charge on any atom is -0.465 e. The van der Waals surface area contributed by atoms with E-state index in [0.29, 0.717) is 12.0 Å². The van der Waals surface area contributed by atoms with Gasteiger partial charge in [0.15, 0.2) is 0 Å². The van der Waals surface area contributed by atoms with Crippen molar-refractivity contribution < 1.29 is 24.7 Å². The minimum absolute atomic E-state index is 0.0360. The molecule has 9 nitrogen and oxygen atoms in total. The Kier molecular flexibility index (Phi) is 6.23. The van der Waals surface area contributed by atoms with Crippen molar-refractivity contribution in [2.75, 3.05) is 13.1 Å². The first-order valence-corrected chi connectivity index (χ1v) is 10.5. The van der Waals surface area contributed by atoms with E-state index in [0.717, 1.165) is 32.6 Å². The standard InChI is InChI=1S/C24H24N4O5/c1-14-10-17(18-4-2-3-5-20(18)25-14)11-15-6-8-16(9-7-15)22(29)26-21-13-28(24(31)32)12-19(21)23(30)27-33/h2-10,19,21,33H,11-13H2,1H3,(H,26,29)(H,27,30)(H,31,32)/t19-,21+/m0/s1. The van der Waals surface area contributed by atoms with Crippen LogP contribution < -0.4 is 10.8 Å². The number of rotatable bonds is 5. The van der Waals surface area contributed by atoms with Crippen molar-refractivity contribution in [2.24, 2.45) is 5.92 Å². The monoisotopic (exact) mass is 448 g/mol. The van der Waals surface area contributed by atoms with E-state index in [1.165, 1.54) is 0 Å². The number of likely N-dealkylation sites (tertiary alicyclic amines) is 1. The van der Waals surface area contributed by atoms with E-state index in [9.17, 15) is 19.5 Å². The number of hydroxylamine groups is 1. The highest BCUT2D eigenvalue weighted by atomic mass is 16.5. The molecular weight excluding hydrogens is 424 g/mol. The fourth-order valence-corrected chi connectivity index (χ4v) is 4.24. The van der Waals surface area contributed by atoms with Crippen molar-refractivity contribution in [1.29, 1.82) is 0 Å². The Balaban J connectivity index is 1.48. The van der Waals surface area contributed by atoms with Gasteiger partial charge in [-0.1, -0.05) is 30.3 Å². The molecule has 0 saturated carbocycles. The molecule has 0 radical (unpaired) electrons. The van der Waals surface area contributed by atoms with Crippen molar-refractivity contribution in [2.45, 2.75) is 19.4 Å². The SMILES string of the molecule is Cc1cc(Cc2ccc(C(=O)N[C@@H]3CN(C(=O)O)C[C@@H]3C(=O)NO)cc2)c2ccccc2n1. The third-order valence-electron chi connectivity index (χ3n) is 5.89. The van der Waals surface area contributed by atoms with Crippen LogP contribution in [0.2, 0.25) is 0 Å². The predicted molar refractivity (Wildman–Crippen MR) is 120 cm³/mol. The number of carbonyl (C=O) groups is 3. The van der Waals surface area contributed by atoms with E-state index in [1.54, 1.807) is 17.6 Å². The number of nitrogens with zero attached hydrogens (tertiary/aromatic N) is 2. The fraction of sp³-hybridized carbons (Fsp3) is 0.250. The lowest BCUT2D eigenvalue weighted by Crippen LogP contribution is -2.45. The maximum Gasteiger partial charge on any atom is 0.407 e. The van der Waals surface area contributed by atoms with Crippen molar-refractivity contribution in [1.82, 2.24) is 20.7 Å². The van der Waals surface area contributed by atoms with Crippen LogP contribution in [-0.4, -0.2) is 57.2 Å². The first-order valence-electron chi connectivity index (χ1n) is 10.5. The Labute approximate surface area is 190 Å². The molecule has 3 amide bonds. The van der Waals surface area contributed by atoms with Gasteiger partial charge in [-0.25, -0.2) is 10.3 Å². The summed E-state index contributed by atoms with van der Waals surface area (Å²) in [6.07, 6.45) is -0.508. The summed E-state index contributed by atoms with van der Waals surface area (Å²) in [5, 5.41) is 22.0. The van der Waals surface area contributed by atoms with Crippen LogP contribution in [0.5, 0.6) is 0 Å². The third-order valence-corrected chi connectivity index (χ3v) is 5.89. The van der Waals surface area contributed by atoms with E-state index in [4.69, 9.17) is 5.21 Å². The van der Waals surface area contributed by atoms with Gasteiger partial charge in [0.2, 0.25) is 5.91 Å². The van der Waals surface area contributed by atoms with E-state index in [2.05, 4.69) is 16.4 Å². The number of benzene rings is 2. The second kappa shape index (κ2) is 9.25. The summed E-state index contributed by atoms with van der Waals surface area (Å²) in [5.41, 5.74) is 5.99. The Hall–Kier alpha value is -3.98. The molecule has 33 heavy (non-hydrogen) atoms. The van der Waals surface area contributed by atoms with Crippen LogP contribution in [0, 0.1) is 12.8 Å². The number of hydrogen-bond donors (Lipinski definition) is 4. The van der Waals surface area contributed by atoms with Gasteiger partial charge in [-0.05, 0) is 48.7 Å². The van der Waals surface area contributed by atoms with Gasteiger partial charge in [0.1, 0.15) is 0 Å². The van der Waals surface area contributed by atoms with Crippen LogP contribution in [0.4, 0.5) is 4.79 Å². The summed E-state index contributed by atoms with van der Waals surface area (Å²) >= 11 is 0. The molecule has 0 aliphatic carbocycles. The summed E-state index contributed by atoms with van der Waals surface area (Å²) in [7, 11) is 0. The van der Waals surface area contributed by atoms with Gasteiger partial charge < -0.3 is 15.3 Å². The Bertz CT molecular complexity index is 1210. The summed E-state index contributed by atoms with van der Waals surface area (Å²) < 4.78 is 0. The molecule has 2 heterocycles. The van der Waals surface area contributed by atoms with Gasteiger partial charge in [0.05, 0.1) is 17.5 Å². The molecule has 2 aromatic carbocycles. The smallest absolute Gasteiger partial charge is 0.407 e. The molecule has 1 fully saturated rings. The summed E-state index contributed by atoms with van der Waals surface area (Å²) in [5.74, 6) is -2.03. The van der Waals surface area contributed by atoms with Crippen LogP contribution in [0.1, 0.15) is 27.2 Å². The van der Waals surface area contributed by atoms with Gasteiger partial charge >= 0.3 is 6.09 Å². The lowest BCUT2D eigenvalue weighted by Gasteiger charge is -2.18. The maximum atomic E-state index is 12.7. The zero-order valence-corrected chi connectivity index (χ0v) is 18.0. The van der Waals surface area contributed by atoms with Crippen molar-refractivity contribution in [3.05, 3.63) is 77.0 Å². The van der Waals surface area contributed by atoms with Gasteiger partial charge in [-0.2, -0.15) is 0 Å². The number of amides is 3. The summed E-state index contributed by atoms with van der Waals surface area (Å²) in [4.78, 5) is 41.5. The number of fused-ring (bicyclic) bond motifs is 1. The average molecular weight is 448 g/mol. The first kappa shape index (κ1) is 22.2. The zero-order chi connectivity index (χ0) is 23.5. The largest absolute Gasteiger partial charge is 0.465 e. The number of aryl methyl sites for hydroxylation is 1. The molecule has 3 aromatic rings. The molecule has 4 N–H and O–H groups in total. The molecule has 1 saturated heterocycles. The molecule has 1 aliphatic heterocycles. The molecule has 170 valence electrons. The Morgan fingerprint density at radius 2 is 1.82 bits per heavy atom. The normalized spacial score (nSPS) is 17.7. The molecular formula is C24H24N4O5. The molecule has 1 aromatic heterocycles. The topological polar surface area (TPSA) is 132 Å². The van der Waals surface area contributed by atoms with E-state index >= 15 is 0 Å². The number of para-hydroxylation sites is 1. The number of carbonyl (C=O) groups excluding carboxylic acids is 2. The number of aromatic nitrogens is 1. The zero-order valence-electron chi connectivity index (χ0n) is 18.0. The van der Waals surface area contributed by atoms with E-state index in [-0.39, 0.29) is 13.1 Å². The molecule has 2 atom stereocenters. The fourth-order valence-electron chi connectivity index (χ4n) is 4.24. The van der Waals surface area contributed by atoms with Gasteiger partial charge in [0.25, 0.3) is 5.91 Å². The highest BCUT2D eigenvalue weighted by Gasteiger charge is 2.40. The highest BCUT2D eigenvalue weighted by molar-refractivity contribution is 5.95. The predicted octanol–water partition coefficient (Wildman–Crippen LogP) is 2.35. The van der Waals surface area contributed by atoms with E-state index in [1.807, 2.05) is 43.3 Å². The van der Waals surface area contributed by atoms with Gasteiger partial charge in [-0.15, -0.1) is 0 Å². The van der Waals surface area contributed by atoms with Crippen LogP contribution in [0.3, 0.4) is 0 Å². The second-order valence-corrected chi connectivity index (χ2v) is 8.16. The Morgan fingerprint density at radius 1 is 1.09 bits per heavy atom. The number of carboxylic acid groups (broad SMARTS) is 1. The molecule has 4 rings (SSSR count). The average Bonchev–Trinajstić information content (AvgIpc) is 3.23. The molecule has 0 bridgehead atoms. The second-order valence-electron chi connectivity index (χ2n) is 8.16. The van der Waals surface area contributed by atoms with Crippen LogP contribution in [-0.2, 0) is 11.2 Å². The molecule has 0 unspecified atom stereocenters. The van der Waals surface area contributed by atoms with Gasteiger partial charge in [-0.3, -0.25) is 19.8 Å².